The van der Waals surface area contributed by atoms with Crippen molar-refractivity contribution < 1.29 is 19.0 Å². The summed E-state index contributed by atoms with van der Waals surface area (Å²) in [7, 11) is 0. The number of aromatic amines is 1. The van der Waals surface area contributed by atoms with Gasteiger partial charge in [-0.25, -0.2) is 23.3 Å². The molecule has 1 aliphatic rings. The lowest BCUT2D eigenvalue weighted by atomic mass is 10.0. The number of halogens is 2. The number of benzene rings is 1. The zero-order valence-corrected chi connectivity index (χ0v) is 16.5. The number of nitrogens with zero attached hydrogens (tertiary/aromatic N) is 6. The molecule has 4 aromatic rings. The van der Waals surface area contributed by atoms with Crippen molar-refractivity contribution in [3.05, 3.63) is 59.7 Å². The van der Waals surface area contributed by atoms with Crippen molar-refractivity contribution in [3.8, 4) is 11.4 Å². The summed E-state index contributed by atoms with van der Waals surface area (Å²) < 4.78 is 29.7. The summed E-state index contributed by atoms with van der Waals surface area (Å²) in [6.07, 6.45) is 4.73. The fraction of sp³-hybridized carbons (Fsp3) is 0.300. The molecule has 4 heterocycles. The second-order valence-electron chi connectivity index (χ2n) is 7.66. The van der Waals surface area contributed by atoms with Crippen molar-refractivity contribution in [3.63, 3.8) is 0 Å². The van der Waals surface area contributed by atoms with Gasteiger partial charge < -0.3 is 15.1 Å². The zero-order chi connectivity index (χ0) is 21.8. The smallest absolute Gasteiger partial charge is 0.221 e. The van der Waals surface area contributed by atoms with Crippen LogP contribution in [0.15, 0.2) is 36.7 Å². The molecule has 0 aliphatic carbocycles. The van der Waals surface area contributed by atoms with Crippen LogP contribution in [0, 0.1) is 11.6 Å². The highest BCUT2D eigenvalue weighted by Crippen LogP contribution is 2.37. The standard InChI is InChI=1S/C20H19F2N7O2/c1-20(30,31)19-25-17(26-27-19)13-10-23-29-8-6-16(24-18(13)29)28-7-2-3-15(28)12-9-11(21)4-5-14(12)22/h4-6,8-10,15,30-31H,2-3,7H2,1H3,(H,25,26,27)/t15-/m1/s1. The van der Waals surface area contributed by atoms with Crippen LogP contribution >= 0.6 is 0 Å². The number of rotatable bonds is 4. The molecule has 160 valence electrons. The van der Waals surface area contributed by atoms with Gasteiger partial charge in [0, 0.05) is 18.3 Å². The molecular weight excluding hydrogens is 408 g/mol. The Morgan fingerprint density at radius 2 is 2.03 bits per heavy atom. The second-order valence-corrected chi connectivity index (χ2v) is 7.66. The fourth-order valence-corrected chi connectivity index (χ4v) is 3.91. The first-order valence-electron chi connectivity index (χ1n) is 9.75. The third kappa shape index (κ3) is 3.41. The zero-order valence-electron chi connectivity index (χ0n) is 16.5. The molecule has 0 unspecified atom stereocenters. The SMILES string of the molecule is CC(O)(O)c1nc(-c2cnn3ccc(N4CCC[C@@H]4c4cc(F)ccc4F)nc23)n[nH]1. The Bertz CT molecular complexity index is 1260. The lowest BCUT2D eigenvalue weighted by molar-refractivity contribution is -0.158. The van der Waals surface area contributed by atoms with Gasteiger partial charge in [0.15, 0.2) is 17.3 Å². The van der Waals surface area contributed by atoms with Gasteiger partial charge in [0.25, 0.3) is 0 Å². The van der Waals surface area contributed by atoms with E-state index in [9.17, 15) is 19.0 Å². The molecule has 3 N–H and O–H groups in total. The minimum atomic E-state index is -2.16. The van der Waals surface area contributed by atoms with Crippen molar-refractivity contribution >= 4 is 11.5 Å². The minimum absolute atomic E-state index is 0.112. The second kappa shape index (κ2) is 7.06. The number of fused-ring (bicyclic) bond motifs is 1. The van der Waals surface area contributed by atoms with Crippen LogP contribution in [0.25, 0.3) is 17.0 Å². The van der Waals surface area contributed by atoms with E-state index >= 15 is 0 Å². The number of hydrogen-bond acceptors (Lipinski definition) is 7. The van der Waals surface area contributed by atoms with Gasteiger partial charge >= 0.3 is 0 Å². The Kier molecular flexibility index (Phi) is 4.45. The lowest BCUT2D eigenvalue weighted by Gasteiger charge is -2.26. The van der Waals surface area contributed by atoms with Gasteiger partial charge in [0.2, 0.25) is 5.79 Å². The molecule has 9 nitrogen and oxygen atoms in total. The molecule has 0 amide bonds. The number of aromatic nitrogens is 6. The molecule has 0 bridgehead atoms. The van der Waals surface area contributed by atoms with Gasteiger partial charge in [0.05, 0.1) is 17.8 Å². The summed E-state index contributed by atoms with van der Waals surface area (Å²) in [4.78, 5) is 10.7. The largest absolute Gasteiger partial charge is 0.360 e. The predicted molar refractivity (Wildman–Crippen MR) is 106 cm³/mol. The average molecular weight is 427 g/mol. The summed E-state index contributed by atoms with van der Waals surface area (Å²) in [5, 5.41) is 30.2. The molecule has 1 saturated heterocycles. The molecule has 1 aromatic carbocycles. The molecule has 0 spiro atoms. The van der Waals surface area contributed by atoms with E-state index in [1.165, 1.54) is 19.2 Å². The van der Waals surface area contributed by atoms with E-state index < -0.39 is 17.4 Å². The van der Waals surface area contributed by atoms with Crippen molar-refractivity contribution in [1.29, 1.82) is 0 Å². The quantitative estimate of drug-likeness (QED) is 0.428. The maximum Gasteiger partial charge on any atom is 0.221 e. The first kappa shape index (κ1) is 19.5. The van der Waals surface area contributed by atoms with E-state index in [1.54, 1.807) is 16.8 Å². The van der Waals surface area contributed by atoms with Crippen LogP contribution in [-0.2, 0) is 5.79 Å². The van der Waals surface area contributed by atoms with Crippen LogP contribution in [0.4, 0.5) is 14.6 Å². The summed E-state index contributed by atoms with van der Waals surface area (Å²) in [5.41, 5.74) is 1.24. The fourth-order valence-electron chi connectivity index (χ4n) is 3.91. The molecule has 3 aromatic heterocycles. The highest BCUT2D eigenvalue weighted by Gasteiger charge is 2.30. The maximum absolute atomic E-state index is 14.4. The summed E-state index contributed by atoms with van der Waals surface area (Å²) >= 11 is 0. The van der Waals surface area contributed by atoms with E-state index in [1.807, 2.05) is 4.90 Å². The summed E-state index contributed by atoms with van der Waals surface area (Å²) in [6.45, 7) is 1.81. The first-order chi connectivity index (χ1) is 14.8. The monoisotopic (exact) mass is 427 g/mol. The Balaban J connectivity index is 1.55. The molecular formula is C20H19F2N7O2. The average Bonchev–Trinajstić information content (AvgIpc) is 3.47. The van der Waals surface area contributed by atoms with Gasteiger partial charge in [-0.05, 0) is 44.0 Å². The van der Waals surface area contributed by atoms with Crippen LogP contribution in [0.5, 0.6) is 0 Å². The Morgan fingerprint density at radius 1 is 1.19 bits per heavy atom. The molecule has 5 rings (SSSR count). The molecule has 1 aliphatic heterocycles. The normalized spacial score (nSPS) is 17.1. The third-order valence-corrected chi connectivity index (χ3v) is 5.39. The molecule has 1 atom stereocenters. The van der Waals surface area contributed by atoms with Crippen LogP contribution in [0.1, 0.15) is 37.2 Å². The Labute approximate surface area is 175 Å². The van der Waals surface area contributed by atoms with Gasteiger partial charge in [-0.2, -0.15) is 10.2 Å². The molecule has 0 radical (unpaired) electrons. The topological polar surface area (TPSA) is 115 Å². The van der Waals surface area contributed by atoms with Gasteiger partial charge in [-0.1, -0.05) is 0 Å². The first-order valence-corrected chi connectivity index (χ1v) is 9.75. The van der Waals surface area contributed by atoms with Gasteiger partial charge in [-0.15, -0.1) is 0 Å². The number of anilines is 1. The lowest BCUT2D eigenvalue weighted by Crippen LogP contribution is -2.24. The Hall–Kier alpha value is -3.44. The van der Waals surface area contributed by atoms with Crippen LogP contribution < -0.4 is 4.90 Å². The maximum atomic E-state index is 14.4. The molecule has 31 heavy (non-hydrogen) atoms. The van der Waals surface area contributed by atoms with Gasteiger partial charge in [-0.3, -0.25) is 5.10 Å². The summed E-state index contributed by atoms with van der Waals surface area (Å²) in [6, 6.07) is 4.91. The van der Waals surface area contributed by atoms with Crippen molar-refractivity contribution in [2.75, 3.05) is 11.4 Å². The highest BCUT2D eigenvalue weighted by molar-refractivity contribution is 5.73. The van der Waals surface area contributed by atoms with E-state index in [0.717, 1.165) is 18.6 Å². The number of H-pyrrole nitrogens is 1. The molecule has 11 heteroatoms. The van der Waals surface area contributed by atoms with E-state index in [0.29, 0.717) is 35.6 Å². The number of hydrogen-bond donors (Lipinski definition) is 3. The predicted octanol–water partition coefficient (Wildman–Crippen LogP) is 2.29. The van der Waals surface area contributed by atoms with Crippen molar-refractivity contribution in [2.45, 2.75) is 31.6 Å². The van der Waals surface area contributed by atoms with Crippen LogP contribution in [0.3, 0.4) is 0 Å². The van der Waals surface area contributed by atoms with Crippen molar-refractivity contribution in [2.24, 2.45) is 0 Å². The Morgan fingerprint density at radius 3 is 2.81 bits per heavy atom. The van der Waals surface area contributed by atoms with Gasteiger partial charge in [0.1, 0.15) is 17.5 Å². The van der Waals surface area contributed by atoms with E-state index in [2.05, 4.69) is 25.3 Å². The molecule has 0 saturated carbocycles. The van der Waals surface area contributed by atoms with Crippen molar-refractivity contribution in [1.82, 2.24) is 29.8 Å². The summed E-state index contributed by atoms with van der Waals surface area (Å²) in [5.74, 6) is -2.41. The van der Waals surface area contributed by atoms with E-state index in [-0.39, 0.29) is 17.7 Å². The highest BCUT2D eigenvalue weighted by atomic mass is 19.1. The number of nitrogens with one attached hydrogen (secondary N) is 1. The van der Waals surface area contributed by atoms with E-state index in [4.69, 9.17) is 0 Å². The minimum Gasteiger partial charge on any atom is -0.360 e. The van der Waals surface area contributed by atoms with Crippen LogP contribution in [0.2, 0.25) is 0 Å². The van der Waals surface area contributed by atoms with Crippen LogP contribution in [-0.4, -0.2) is 46.5 Å². The number of aliphatic hydroxyl groups is 2. The molecule has 1 fully saturated rings. The third-order valence-electron chi connectivity index (χ3n) is 5.39.